The number of hydrogen-bond acceptors (Lipinski definition) is 6. The van der Waals surface area contributed by atoms with Crippen molar-refractivity contribution in [2.24, 2.45) is 0 Å². The van der Waals surface area contributed by atoms with Crippen LogP contribution in [0, 0.1) is 0 Å². The van der Waals surface area contributed by atoms with E-state index >= 15 is 0 Å². The zero-order valence-corrected chi connectivity index (χ0v) is 14.4. The normalized spacial score (nSPS) is 18.4. The Hall–Kier alpha value is -1.92. The second-order valence-electron chi connectivity index (χ2n) is 6.68. The molecule has 2 N–H and O–H groups in total. The molecule has 0 radical (unpaired) electrons. The SMILES string of the molecule is CC(C)c1noc(NCc2ccccc2CN2CCC[C@@H]2CO)n1. The molecule has 0 aliphatic carbocycles. The number of likely N-dealkylation sites (tertiary alicyclic amines) is 1. The topological polar surface area (TPSA) is 74.4 Å². The molecular formula is C18H26N4O2. The first kappa shape index (κ1) is 16.9. The number of anilines is 1. The maximum Gasteiger partial charge on any atom is 0.321 e. The lowest BCUT2D eigenvalue weighted by Crippen LogP contribution is -2.32. The molecule has 2 heterocycles. The van der Waals surface area contributed by atoms with E-state index in [1.807, 2.05) is 19.9 Å². The van der Waals surface area contributed by atoms with Crippen molar-refractivity contribution in [3.8, 4) is 0 Å². The van der Waals surface area contributed by atoms with Gasteiger partial charge in [-0.25, -0.2) is 0 Å². The quantitative estimate of drug-likeness (QED) is 0.813. The maximum atomic E-state index is 9.50. The molecule has 2 aromatic rings. The van der Waals surface area contributed by atoms with Gasteiger partial charge < -0.3 is 14.9 Å². The Kier molecular flexibility index (Phi) is 5.48. The molecular weight excluding hydrogens is 304 g/mol. The Balaban J connectivity index is 1.65. The Labute approximate surface area is 142 Å². The van der Waals surface area contributed by atoms with E-state index < -0.39 is 0 Å². The van der Waals surface area contributed by atoms with Crippen molar-refractivity contribution in [3.05, 3.63) is 41.2 Å². The lowest BCUT2D eigenvalue weighted by molar-refractivity contribution is 0.153. The number of benzene rings is 1. The highest BCUT2D eigenvalue weighted by Crippen LogP contribution is 2.22. The molecule has 1 aromatic heterocycles. The predicted molar refractivity (Wildman–Crippen MR) is 92.7 cm³/mol. The third kappa shape index (κ3) is 3.94. The summed E-state index contributed by atoms with van der Waals surface area (Å²) in [5, 5.41) is 16.7. The van der Waals surface area contributed by atoms with Gasteiger partial charge in [0.2, 0.25) is 0 Å². The van der Waals surface area contributed by atoms with Crippen LogP contribution >= 0.6 is 0 Å². The molecule has 0 spiro atoms. The van der Waals surface area contributed by atoms with E-state index in [1.54, 1.807) is 0 Å². The number of aromatic nitrogens is 2. The third-order valence-corrected chi connectivity index (χ3v) is 4.59. The van der Waals surface area contributed by atoms with E-state index in [-0.39, 0.29) is 18.6 Å². The van der Waals surface area contributed by atoms with Crippen LogP contribution in [0.4, 0.5) is 6.01 Å². The number of rotatable bonds is 7. The fourth-order valence-electron chi connectivity index (χ4n) is 3.13. The van der Waals surface area contributed by atoms with E-state index in [0.717, 1.165) is 25.9 Å². The number of nitrogens with one attached hydrogen (secondary N) is 1. The van der Waals surface area contributed by atoms with Crippen molar-refractivity contribution >= 4 is 6.01 Å². The maximum absolute atomic E-state index is 9.50. The first-order valence-corrected chi connectivity index (χ1v) is 8.66. The molecule has 130 valence electrons. The Morgan fingerprint density at radius 1 is 1.33 bits per heavy atom. The Bertz CT molecular complexity index is 656. The second kappa shape index (κ2) is 7.77. The van der Waals surface area contributed by atoms with Crippen LogP contribution in [0.1, 0.15) is 49.6 Å². The van der Waals surface area contributed by atoms with Crippen LogP contribution in [-0.4, -0.2) is 39.3 Å². The summed E-state index contributed by atoms with van der Waals surface area (Å²) >= 11 is 0. The highest BCUT2D eigenvalue weighted by molar-refractivity contribution is 5.31. The van der Waals surface area contributed by atoms with E-state index in [4.69, 9.17) is 4.52 Å². The van der Waals surface area contributed by atoms with Crippen LogP contribution in [0.5, 0.6) is 0 Å². The molecule has 1 saturated heterocycles. The van der Waals surface area contributed by atoms with E-state index in [9.17, 15) is 5.11 Å². The summed E-state index contributed by atoms with van der Waals surface area (Å²) in [6.07, 6.45) is 2.24. The Morgan fingerprint density at radius 3 is 2.83 bits per heavy atom. The molecule has 3 rings (SSSR count). The summed E-state index contributed by atoms with van der Waals surface area (Å²) in [6.45, 7) is 6.88. The van der Waals surface area contributed by atoms with Gasteiger partial charge in [-0.1, -0.05) is 43.3 Å². The first-order chi connectivity index (χ1) is 11.7. The minimum atomic E-state index is 0.236. The molecule has 1 aromatic carbocycles. The predicted octanol–water partition coefficient (Wildman–Crippen LogP) is 2.76. The van der Waals surface area contributed by atoms with Crippen molar-refractivity contribution in [1.29, 1.82) is 0 Å². The molecule has 6 heteroatoms. The van der Waals surface area contributed by atoms with Crippen LogP contribution < -0.4 is 5.32 Å². The second-order valence-corrected chi connectivity index (χ2v) is 6.68. The van der Waals surface area contributed by atoms with Gasteiger partial charge in [0.25, 0.3) is 0 Å². The van der Waals surface area contributed by atoms with Gasteiger partial charge >= 0.3 is 6.01 Å². The van der Waals surface area contributed by atoms with Gasteiger partial charge in [-0.15, -0.1) is 0 Å². The average Bonchev–Trinajstić information content (AvgIpc) is 3.23. The summed E-state index contributed by atoms with van der Waals surface area (Å²) in [7, 11) is 0. The molecule has 1 atom stereocenters. The number of nitrogens with zero attached hydrogens (tertiary/aromatic N) is 3. The van der Waals surface area contributed by atoms with Gasteiger partial charge in [0, 0.05) is 25.0 Å². The molecule has 1 fully saturated rings. The van der Waals surface area contributed by atoms with Crippen molar-refractivity contribution in [1.82, 2.24) is 15.0 Å². The first-order valence-electron chi connectivity index (χ1n) is 8.66. The third-order valence-electron chi connectivity index (χ3n) is 4.59. The van der Waals surface area contributed by atoms with E-state index in [0.29, 0.717) is 18.4 Å². The fraction of sp³-hybridized carbons (Fsp3) is 0.556. The molecule has 1 aliphatic rings. The molecule has 0 unspecified atom stereocenters. The smallest absolute Gasteiger partial charge is 0.321 e. The Morgan fingerprint density at radius 2 is 2.12 bits per heavy atom. The number of aliphatic hydroxyl groups is 1. The van der Waals surface area contributed by atoms with Gasteiger partial charge in [0.1, 0.15) is 0 Å². The van der Waals surface area contributed by atoms with Crippen LogP contribution in [0.25, 0.3) is 0 Å². The molecule has 0 saturated carbocycles. The fourth-order valence-corrected chi connectivity index (χ4v) is 3.13. The summed E-state index contributed by atoms with van der Waals surface area (Å²) in [5.41, 5.74) is 2.49. The molecule has 0 amide bonds. The zero-order chi connectivity index (χ0) is 16.9. The minimum Gasteiger partial charge on any atom is -0.395 e. The van der Waals surface area contributed by atoms with Gasteiger partial charge in [-0.05, 0) is 30.5 Å². The van der Waals surface area contributed by atoms with E-state index in [2.05, 4.69) is 38.6 Å². The standard InChI is InChI=1S/C18H26N4O2/c1-13(2)17-20-18(24-21-17)19-10-14-6-3-4-7-15(14)11-22-9-5-8-16(22)12-23/h3-4,6-7,13,16,23H,5,8-12H2,1-2H3,(H,19,20,21)/t16-/m1/s1. The van der Waals surface area contributed by atoms with Gasteiger partial charge in [0.05, 0.1) is 6.61 Å². The van der Waals surface area contributed by atoms with Gasteiger partial charge in [-0.3, -0.25) is 4.90 Å². The van der Waals surface area contributed by atoms with Gasteiger partial charge in [-0.2, -0.15) is 4.98 Å². The van der Waals surface area contributed by atoms with Gasteiger partial charge in [0.15, 0.2) is 5.82 Å². The summed E-state index contributed by atoms with van der Waals surface area (Å²) in [4.78, 5) is 6.71. The molecule has 0 bridgehead atoms. The van der Waals surface area contributed by atoms with Crippen LogP contribution in [0.3, 0.4) is 0 Å². The lowest BCUT2D eigenvalue weighted by Gasteiger charge is -2.24. The monoisotopic (exact) mass is 330 g/mol. The number of aliphatic hydroxyl groups excluding tert-OH is 1. The van der Waals surface area contributed by atoms with E-state index in [1.165, 1.54) is 11.1 Å². The van der Waals surface area contributed by atoms with Crippen molar-refractivity contribution in [3.63, 3.8) is 0 Å². The zero-order valence-electron chi connectivity index (χ0n) is 14.4. The summed E-state index contributed by atoms with van der Waals surface area (Å²) in [5.74, 6) is 0.968. The number of hydrogen-bond donors (Lipinski definition) is 2. The highest BCUT2D eigenvalue weighted by Gasteiger charge is 2.24. The van der Waals surface area contributed by atoms with Crippen LogP contribution in [0.2, 0.25) is 0 Å². The van der Waals surface area contributed by atoms with Crippen LogP contribution in [0.15, 0.2) is 28.8 Å². The lowest BCUT2D eigenvalue weighted by atomic mass is 10.1. The van der Waals surface area contributed by atoms with Crippen molar-refractivity contribution in [2.75, 3.05) is 18.5 Å². The average molecular weight is 330 g/mol. The minimum absolute atomic E-state index is 0.236. The largest absolute Gasteiger partial charge is 0.395 e. The van der Waals surface area contributed by atoms with Crippen molar-refractivity contribution < 1.29 is 9.63 Å². The highest BCUT2D eigenvalue weighted by atomic mass is 16.5. The van der Waals surface area contributed by atoms with Crippen LogP contribution in [-0.2, 0) is 13.1 Å². The summed E-state index contributed by atoms with van der Waals surface area (Å²) < 4.78 is 5.24. The molecule has 1 aliphatic heterocycles. The molecule has 6 nitrogen and oxygen atoms in total. The van der Waals surface area contributed by atoms with Crippen molar-refractivity contribution in [2.45, 2.75) is 51.7 Å². The molecule has 24 heavy (non-hydrogen) atoms. The summed E-state index contributed by atoms with van der Waals surface area (Å²) in [6, 6.07) is 9.12.